The molecular weight excluding hydrogens is 134 g/mol. The van der Waals surface area contributed by atoms with E-state index >= 15 is 0 Å². The summed E-state index contributed by atoms with van der Waals surface area (Å²) in [4.78, 5) is 2.55. The Morgan fingerprint density at radius 3 is 2.91 bits per heavy atom. The number of rotatable bonds is 0. The summed E-state index contributed by atoms with van der Waals surface area (Å²) in [6, 6.07) is 1.80. The Bertz CT molecular complexity index is 183. The highest BCUT2D eigenvalue weighted by atomic mass is 15.2. The van der Waals surface area contributed by atoms with E-state index in [0.29, 0.717) is 0 Å². The van der Waals surface area contributed by atoms with Crippen LogP contribution in [-0.2, 0) is 0 Å². The zero-order valence-corrected chi connectivity index (χ0v) is 7.51. The van der Waals surface area contributed by atoms with Crippen molar-refractivity contribution in [2.24, 2.45) is 0 Å². The fourth-order valence-electron chi connectivity index (χ4n) is 2.37. The molecule has 1 saturated carbocycles. The predicted molar refractivity (Wildman–Crippen MR) is 47.6 cm³/mol. The average Bonchev–Trinajstić information content (AvgIpc) is 2.32. The SMILES string of the molecule is C/C=C1/CCC2CC(C1)N2C. The molecule has 2 saturated heterocycles. The smallest absolute Gasteiger partial charge is 0.0147 e. The van der Waals surface area contributed by atoms with Gasteiger partial charge < -0.3 is 4.90 Å². The van der Waals surface area contributed by atoms with Crippen LogP contribution in [0.2, 0.25) is 0 Å². The minimum Gasteiger partial charge on any atom is -0.300 e. The molecule has 0 aromatic heterocycles. The van der Waals surface area contributed by atoms with Gasteiger partial charge in [-0.25, -0.2) is 0 Å². The summed E-state index contributed by atoms with van der Waals surface area (Å²) in [5.41, 5.74) is 1.68. The van der Waals surface area contributed by atoms with Crippen LogP contribution in [0, 0.1) is 0 Å². The molecule has 0 N–H and O–H groups in total. The molecule has 3 rings (SSSR count). The molecule has 1 heteroatoms. The summed E-state index contributed by atoms with van der Waals surface area (Å²) in [6.45, 7) is 2.18. The van der Waals surface area contributed by atoms with Crippen LogP contribution >= 0.6 is 0 Å². The Kier molecular flexibility index (Phi) is 1.76. The van der Waals surface area contributed by atoms with Crippen LogP contribution in [0.15, 0.2) is 11.6 Å². The first-order valence-electron chi connectivity index (χ1n) is 4.67. The van der Waals surface area contributed by atoms with Gasteiger partial charge in [-0.2, -0.15) is 0 Å². The Balaban J connectivity index is 2.07. The minimum absolute atomic E-state index is 0.883. The van der Waals surface area contributed by atoms with E-state index in [4.69, 9.17) is 0 Å². The maximum absolute atomic E-state index is 2.55. The topological polar surface area (TPSA) is 3.24 Å². The number of hydrogen-bond donors (Lipinski definition) is 0. The summed E-state index contributed by atoms with van der Waals surface area (Å²) < 4.78 is 0. The monoisotopic (exact) mass is 151 g/mol. The van der Waals surface area contributed by atoms with Gasteiger partial charge in [0.1, 0.15) is 0 Å². The Morgan fingerprint density at radius 1 is 1.45 bits per heavy atom. The van der Waals surface area contributed by atoms with Crippen molar-refractivity contribution in [1.82, 2.24) is 4.90 Å². The largest absolute Gasteiger partial charge is 0.300 e. The fraction of sp³-hybridized carbons (Fsp3) is 0.800. The molecule has 11 heavy (non-hydrogen) atoms. The van der Waals surface area contributed by atoms with Gasteiger partial charge in [0.15, 0.2) is 0 Å². The maximum Gasteiger partial charge on any atom is 0.0147 e. The zero-order valence-electron chi connectivity index (χ0n) is 7.51. The second kappa shape index (κ2) is 2.63. The van der Waals surface area contributed by atoms with Crippen LogP contribution in [0.25, 0.3) is 0 Å². The average molecular weight is 151 g/mol. The van der Waals surface area contributed by atoms with E-state index in [-0.39, 0.29) is 0 Å². The highest BCUT2D eigenvalue weighted by molar-refractivity contribution is 5.11. The van der Waals surface area contributed by atoms with Crippen molar-refractivity contribution in [3.8, 4) is 0 Å². The van der Waals surface area contributed by atoms with E-state index in [1.807, 2.05) is 0 Å². The number of fused-ring (bicyclic) bond motifs is 3. The van der Waals surface area contributed by atoms with E-state index in [2.05, 4.69) is 24.9 Å². The van der Waals surface area contributed by atoms with Crippen molar-refractivity contribution < 1.29 is 0 Å². The molecule has 0 aromatic carbocycles. The number of hydrogen-bond acceptors (Lipinski definition) is 1. The van der Waals surface area contributed by atoms with Crippen molar-refractivity contribution in [1.29, 1.82) is 0 Å². The molecule has 62 valence electrons. The molecule has 3 aliphatic rings. The van der Waals surface area contributed by atoms with Crippen LogP contribution in [0.1, 0.15) is 32.6 Å². The van der Waals surface area contributed by atoms with Gasteiger partial charge >= 0.3 is 0 Å². The van der Waals surface area contributed by atoms with Gasteiger partial charge in [0.2, 0.25) is 0 Å². The van der Waals surface area contributed by atoms with Crippen molar-refractivity contribution in [3.05, 3.63) is 11.6 Å². The van der Waals surface area contributed by atoms with Crippen LogP contribution in [-0.4, -0.2) is 24.0 Å². The first-order chi connectivity index (χ1) is 5.31. The number of nitrogens with zero attached hydrogens (tertiary/aromatic N) is 1. The zero-order chi connectivity index (χ0) is 7.84. The standard InChI is InChI=1S/C10H17N/c1-3-8-4-5-9-7-10(6-8)11(9)2/h3,9-10H,4-7H2,1-2H3/b8-3-. The lowest BCUT2D eigenvalue weighted by Gasteiger charge is -2.44. The molecule has 0 radical (unpaired) electrons. The lowest BCUT2D eigenvalue weighted by Crippen LogP contribution is -2.51. The van der Waals surface area contributed by atoms with Gasteiger partial charge in [0.25, 0.3) is 0 Å². The third kappa shape index (κ3) is 1.12. The van der Waals surface area contributed by atoms with Gasteiger partial charge in [-0.3, -0.25) is 0 Å². The lowest BCUT2D eigenvalue weighted by atomic mass is 9.92. The van der Waals surface area contributed by atoms with Gasteiger partial charge in [-0.05, 0) is 39.7 Å². The molecule has 1 nitrogen and oxygen atoms in total. The van der Waals surface area contributed by atoms with Crippen LogP contribution in [0.5, 0.6) is 0 Å². The normalized spacial score (nSPS) is 41.8. The quantitative estimate of drug-likeness (QED) is 0.480. The first-order valence-corrected chi connectivity index (χ1v) is 4.67. The molecule has 2 aliphatic heterocycles. The Hall–Kier alpha value is -0.300. The minimum atomic E-state index is 0.883. The second-order valence-electron chi connectivity index (χ2n) is 3.90. The Morgan fingerprint density at radius 2 is 2.27 bits per heavy atom. The van der Waals surface area contributed by atoms with E-state index in [1.165, 1.54) is 25.7 Å². The summed E-state index contributed by atoms with van der Waals surface area (Å²) in [5, 5.41) is 0. The van der Waals surface area contributed by atoms with Gasteiger partial charge in [0, 0.05) is 12.1 Å². The molecule has 1 aliphatic carbocycles. The molecule has 3 fully saturated rings. The molecule has 2 unspecified atom stereocenters. The molecule has 0 amide bonds. The van der Waals surface area contributed by atoms with Crippen LogP contribution in [0.3, 0.4) is 0 Å². The van der Waals surface area contributed by atoms with E-state index in [9.17, 15) is 0 Å². The van der Waals surface area contributed by atoms with E-state index in [1.54, 1.807) is 5.57 Å². The van der Waals surface area contributed by atoms with Crippen LogP contribution < -0.4 is 0 Å². The summed E-state index contributed by atoms with van der Waals surface area (Å²) >= 11 is 0. The second-order valence-corrected chi connectivity index (χ2v) is 3.90. The third-order valence-electron chi connectivity index (χ3n) is 3.40. The summed E-state index contributed by atoms with van der Waals surface area (Å²) in [5.74, 6) is 0. The van der Waals surface area contributed by atoms with Gasteiger partial charge in [-0.15, -0.1) is 0 Å². The highest BCUT2D eigenvalue weighted by Crippen LogP contribution is 2.37. The lowest BCUT2D eigenvalue weighted by molar-refractivity contribution is 0.0509. The predicted octanol–water partition coefficient (Wildman–Crippen LogP) is 2.19. The molecule has 0 spiro atoms. The Labute approximate surface area is 69.1 Å². The van der Waals surface area contributed by atoms with Crippen molar-refractivity contribution in [3.63, 3.8) is 0 Å². The third-order valence-corrected chi connectivity index (χ3v) is 3.40. The highest BCUT2D eigenvalue weighted by Gasteiger charge is 2.37. The van der Waals surface area contributed by atoms with E-state index in [0.717, 1.165) is 12.1 Å². The molecule has 2 bridgehead atoms. The van der Waals surface area contributed by atoms with Crippen molar-refractivity contribution >= 4 is 0 Å². The van der Waals surface area contributed by atoms with Gasteiger partial charge in [-0.1, -0.05) is 11.6 Å². The molecule has 2 heterocycles. The maximum atomic E-state index is 2.55. The molecular formula is C10H17N. The van der Waals surface area contributed by atoms with Crippen molar-refractivity contribution in [2.45, 2.75) is 44.7 Å². The summed E-state index contributed by atoms with van der Waals surface area (Å²) in [7, 11) is 2.28. The fourth-order valence-corrected chi connectivity index (χ4v) is 2.37. The number of allylic oxidation sites excluding steroid dienone is 1. The molecule has 2 atom stereocenters. The summed E-state index contributed by atoms with van der Waals surface area (Å²) in [6.07, 6.45) is 7.85. The van der Waals surface area contributed by atoms with Crippen molar-refractivity contribution in [2.75, 3.05) is 7.05 Å². The van der Waals surface area contributed by atoms with Gasteiger partial charge in [0.05, 0.1) is 0 Å². The first kappa shape index (κ1) is 7.35. The van der Waals surface area contributed by atoms with Crippen LogP contribution in [0.4, 0.5) is 0 Å². The molecule has 0 aromatic rings. The van der Waals surface area contributed by atoms with E-state index < -0.39 is 0 Å².